The SMILES string of the molecule is O=C(Cn1c(=O)sc2ccccc21)NC1C2CC3CC(C2)CC1C3. The molecule has 2 aromatic rings. The lowest BCUT2D eigenvalue weighted by molar-refractivity contribution is -0.125. The Bertz CT molecular complexity index is 824. The molecule has 1 amide bonds. The number of benzene rings is 1. The number of nitrogens with one attached hydrogen (secondary N) is 1. The first-order valence-electron chi connectivity index (χ1n) is 9.05. The summed E-state index contributed by atoms with van der Waals surface area (Å²) in [6, 6.07) is 8.04. The van der Waals surface area contributed by atoms with Crippen LogP contribution in [-0.4, -0.2) is 16.5 Å². The van der Waals surface area contributed by atoms with E-state index < -0.39 is 0 Å². The minimum Gasteiger partial charge on any atom is -0.351 e. The number of thiazole rings is 1. The Hall–Kier alpha value is -1.62. The van der Waals surface area contributed by atoms with E-state index in [4.69, 9.17) is 0 Å². The van der Waals surface area contributed by atoms with Gasteiger partial charge >= 0.3 is 4.87 Å². The number of aromatic nitrogens is 1. The van der Waals surface area contributed by atoms with Gasteiger partial charge in [0.1, 0.15) is 6.54 Å². The van der Waals surface area contributed by atoms with Crippen molar-refractivity contribution in [1.82, 2.24) is 9.88 Å². The zero-order valence-electron chi connectivity index (χ0n) is 13.6. The second-order valence-corrected chi connectivity index (χ2v) is 8.94. The van der Waals surface area contributed by atoms with Crippen molar-refractivity contribution in [1.29, 1.82) is 0 Å². The zero-order chi connectivity index (χ0) is 16.3. The number of hydrogen-bond acceptors (Lipinski definition) is 3. The number of amides is 1. The smallest absolute Gasteiger partial charge is 0.308 e. The van der Waals surface area contributed by atoms with Gasteiger partial charge in [-0.15, -0.1) is 0 Å². The van der Waals surface area contributed by atoms with Gasteiger partial charge in [0.15, 0.2) is 0 Å². The molecule has 1 aromatic carbocycles. The number of rotatable bonds is 3. The minimum absolute atomic E-state index is 0.00173. The summed E-state index contributed by atoms with van der Waals surface area (Å²) >= 11 is 1.22. The summed E-state index contributed by atoms with van der Waals surface area (Å²) in [7, 11) is 0. The van der Waals surface area contributed by atoms with Gasteiger partial charge in [0.25, 0.3) is 0 Å². The average molecular weight is 342 g/mol. The lowest BCUT2D eigenvalue weighted by Gasteiger charge is -2.54. The Labute approximate surface area is 144 Å². The molecule has 4 aliphatic rings. The Balaban J connectivity index is 1.34. The molecule has 0 radical (unpaired) electrons. The first-order chi connectivity index (χ1) is 11.7. The minimum atomic E-state index is -0.0450. The third kappa shape index (κ3) is 2.32. The molecule has 4 fully saturated rings. The largest absolute Gasteiger partial charge is 0.351 e. The molecule has 4 nitrogen and oxygen atoms in total. The molecule has 0 saturated heterocycles. The van der Waals surface area contributed by atoms with E-state index in [9.17, 15) is 9.59 Å². The topological polar surface area (TPSA) is 51.1 Å². The van der Waals surface area contributed by atoms with Crippen LogP contribution in [0.3, 0.4) is 0 Å². The maximum atomic E-state index is 12.6. The van der Waals surface area contributed by atoms with Crippen molar-refractivity contribution < 1.29 is 4.79 Å². The van der Waals surface area contributed by atoms with Crippen LogP contribution in [0.2, 0.25) is 0 Å². The first kappa shape index (κ1) is 14.7. The maximum absolute atomic E-state index is 12.6. The van der Waals surface area contributed by atoms with Gasteiger partial charge in [-0.25, -0.2) is 0 Å². The van der Waals surface area contributed by atoms with E-state index in [1.165, 1.54) is 43.4 Å². The second-order valence-electron chi connectivity index (χ2n) is 7.95. The van der Waals surface area contributed by atoms with Gasteiger partial charge in [-0.05, 0) is 67.9 Å². The lowest BCUT2D eigenvalue weighted by Crippen LogP contribution is -2.56. The predicted octanol–water partition coefficient (Wildman–Crippen LogP) is 3.00. The normalized spacial score (nSPS) is 33.9. The van der Waals surface area contributed by atoms with Crippen LogP contribution in [0.15, 0.2) is 29.1 Å². The van der Waals surface area contributed by atoms with Gasteiger partial charge in [0.2, 0.25) is 5.91 Å². The Morgan fingerprint density at radius 1 is 1.08 bits per heavy atom. The molecule has 1 aromatic heterocycles. The van der Waals surface area contributed by atoms with Crippen molar-refractivity contribution in [3.05, 3.63) is 33.9 Å². The van der Waals surface area contributed by atoms with Crippen LogP contribution in [0.1, 0.15) is 32.1 Å². The van der Waals surface area contributed by atoms with Gasteiger partial charge in [-0.1, -0.05) is 23.5 Å². The molecule has 0 spiro atoms. The predicted molar refractivity (Wildman–Crippen MR) is 95.1 cm³/mol. The average Bonchev–Trinajstić information content (AvgIpc) is 2.86. The Kier molecular flexibility index (Phi) is 3.34. The fourth-order valence-electron chi connectivity index (χ4n) is 5.70. The summed E-state index contributed by atoms with van der Waals surface area (Å²) in [6.45, 7) is 0.144. The maximum Gasteiger partial charge on any atom is 0.308 e. The monoisotopic (exact) mass is 342 g/mol. The summed E-state index contributed by atoms with van der Waals surface area (Å²) in [5.74, 6) is 3.15. The number of para-hydroxylation sites is 1. The van der Waals surface area contributed by atoms with E-state index >= 15 is 0 Å². The van der Waals surface area contributed by atoms with Gasteiger partial charge < -0.3 is 5.32 Å². The third-order valence-electron chi connectivity index (χ3n) is 6.43. The van der Waals surface area contributed by atoms with Crippen molar-refractivity contribution in [2.45, 2.75) is 44.7 Å². The molecule has 4 saturated carbocycles. The molecular formula is C19H22N2O2S. The summed E-state index contributed by atoms with van der Waals surface area (Å²) in [5, 5.41) is 3.30. The molecule has 126 valence electrons. The van der Waals surface area contributed by atoms with Crippen molar-refractivity contribution in [3.8, 4) is 0 Å². The van der Waals surface area contributed by atoms with Crippen LogP contribution in [0, 0.1) is 23.7 Å². The summed E-state index contributed by atoms with van der Waals surface area (Å²) in [5.41, 5.74) is 0.868. The highest BCUT2D eigenvalue weighted by molar-refractivity contribution is 7.16. The molecule has 0 atom stereocenters. The molecule has 24 heavy (non-hydrogen) atoms. The Morgan fingerprint density at radius 3 is 2.46 bits per heavy atom. The molecule has 4 bridgehead atoms. The second kappa shape index (κ2) is 5.45. The van der Waals surface area contributed by atoms with Gasteiger partial charge in [0.05, 0.1) is 10.2 Å². The number of hydrogen-bond donors (Lipinski definition) is 1. The van der Waals surface area contributed by atoms with Crippen LogP contribution in [0.4, 0.5) is 0 Å². The van der Waals surface area contributed by atoms with Crippen LogP contribution < -0.4 is 10.2 Å². The quantitative estimate of drug-likeness (QED) is 0.932. The van der Waals surface area contributed by atoms with Crippen LogP contribution in [0.25, 0.3) is 10.2 Å². The van der Waals surface area contributed by atoms with E-state index in [0.717, 1.165) is 22.1 Å². The van der Waals surface area contributed by atoms with Gasteiger partial charge in [0, 0.05) is 6.04 Å². The molecule has 0 aliphatic heterocycles. The van der Waals surface area contributed by atoms with Crippen molar-refractivity contribution >= 4 is 27.5 Å². The van der Waals surface area contributed by atoms with E-state index in [1.54, 1.807) is 4.57 Å². The first-order valence-corrected chi connectivity index (χ1v) is 9.87. The highest BCUT2D eigenvalue weighted by atomic mass is 32.1. The Morgan fingerprint density at radius 2 is 1.75 bits per heavy atom. The zero-order valence-corrected chi connectivity index (χ0v) is 14.4. The summed E-state index contributed by atoms with van der Waals surface area (Å²) < 4.78 is 2.57. The highest BCUT2D eigenvalue weighted by Crippen LogP contribution is 2.53. The summed E-state index contributed by atoms with van der Waals surface area (Å²) in [4.78, 5) is 24.8. The van der Waals surface area contributed by atoms with Crippen molar-refractivity contribution in [3.63, 3.8) is 0 Å². The van der Waals surface area contributed by atoms with Crippen molar-refractivity contribution in [2.24, 2.45) is 23.7 Å². The fourth-order valence-corrected chi connectivity index (χ4v) is 6.59. The van der Waals surface area contributed by atoms with Crippen LogP contribution in [0.5, 0.6) is 0 Å². The van der Waals surface area contributed by atoms with Crippen LogP contribution in [-0.2, 0) is 11.3 Å². The number of nitrogens with zero attached hydrogens (tertiary/aromatic N) is 1. The molecule has 1 N–H and O–H groups in total. The molecular weight excluding hydrogens is 320 g/mol. The highest BCUT2D eigenvalue weighted by Gasteiger charge is 2.48. The number of carbonyl (C=O) groups is 1. The van der Waals surface area contributed by atoms with E-state index in [1.807, 2.05) is 24.3 Å². The van der Waals surface area contributed by atoms with Gasteiger partial charge in [-0.2, -0.15) is 0 Å². The molecule has 5 heteroatoms. The van der Waals surface area contributed by atoms with Crippen molar-refractivity contribution in [2.75, 3.05) is 0 Å². The molecule has 1 heterocycles. The van der Waals surface area contributed by atoms with E-state index in [-0.39, 0.29) is 17.3 Å². The standard InChI is InChI=1S/C19H22N2O2S/c22-17(10-21-15-3-1-2-4-16(15)24-19(21)23)20-18-13-6-11-5-12(8-13)9-14(18)7-11/h1-4,11-14,18H,5-10H2,(H,20,22). The fraction of sp³-hybridized carbons (Fsp3) is 0.579. The summed E-state index contributed by atoms with van der Waals surface area (Å²) in [6.07, 6.45) is 6.58. The van der Waals surface area contributed by atoms with Gasteiger partial charge in [-0.3, -0.25) is 14.2 Å². The molecule has 4 aliphatic carbocycles. The van der Waals surface area contributed by atoms with Crippen LogP contribution >= 0.6 is 11.3 Å². The third-order valence-corrected chi connectivity index (χ3v) is 7.39. The lowest BCUT2D eigenvalue weighted by atomic mass is 9.54. The number of carbonyl (C=O) groups excluding carboxylic acids is 1. The molecule has 6 rings (SSSR count). The van der Waals surface area contributed by atoms with E-state index in [2.05, 4.69) is 5.32 Å². The molecule has 0 unspecified atom stereocenters. The van der Waals surface area contributed by atoms with E-state index in [0.29, 0.717) is 17.9 Å². The number of fused-ring (bicyclic) bond motifs is 1.